The van der Waals surface area contributed by atoms with E-state index in [9.17, 15) is 26.8 Å². The summed E-state index contributed by atoms with van der Waals surface area (Å²) in [6.45, 7) is 1.42. The Labute approximate surface area is 244 Å². The highest BCUT2D eigenvalue weighted by Crippen LogP contribution is 2.20. The van der Waals surface area contributed by atoms with Crippen molar-refractivity contribution in [3.63, 3.8) is 0 Å². The first-order chi connectivity index (χ1) is 19.9. The molecule has 3 aromatic rings. The number of carbonyl (C=O) groups excluding carboxylic acids is 2. The summed E-state index contributed by atoms with van der Waals surface area (Å²) >= 11 is 0. The maximum Gasteiger partial charge on any atom is 0.238 e. The first-order valence-electron chi connectivity index (χ1n) is 13.6. The van der Waals surface area contributed by atoms with Crippen LogP contribution in [-0.4, -0.2) is 74.6 Å². The lowest BCUT2D eigenvalue weighted by atomic mass is 9.99. The molecular weight excluding hydrogens is 564 g/mol. The Kier molecular flexibility index (Phi) is 10.3. The van der Waals surface area contributed by atoms with Crippen LogP contribution in [0.5, 0.6) is 0 Å². The zero-order chi connectivity index (χ0) is 30.3. The second-order valence-electron chi connectivity index (χ2n) is 10.6. The number of benzene rings is 3. The number of rotatable bonds is 11. The van der Waals surface area contributed by atoms with Crippen LogP contribution < -0.4 is 15.8 Å². The van der Waals surface area contributed by atoms with Gasteiger partial charge in [-0.15, -0.1) is 0 Å². The molecule has 0 aliphatic carbocycles. The van der Waals surface area contributed by atoms with Crippen LogP contribution in [0.3, 0.4) is 0 Å². The Morgan fingerprint density at radius 1 is 0.952 bits per heavy atom. The van der Waals surface area contributed by atoms with E-state index in [2.05, 4.69) is 10.0 Å². The number of anilines is 2. The maximum atomic E-state index is 13.6. The first-order valence-corrected chi connectivity index (χ1v) is 15.5. The Morgan fingerprint density at radius 3 is 2.40 bits per heavy atom. The SMILES string of the molecule is CS(=O)(=O)Nc1cccc(NC(=O)CN2CCN(C(=O)C[C@H](N)Cc3ccc(F)c(F)c3)[C@@H](Cc3ccccc3)C2)c1. The van der Waals surface area contributed by atoms with Gasteiger partial charge in [0.25, 0.3) is 0 Å². The molecule has 1 aliphatic heterocycles. The predicted octanol–water partition coefficient (Wildman–Crippen LogP) is 2.99. The van der Waals surface area contributed by atoms with Crippen LogP contribution in [-0.2, 0) is 32.5 Å². The lowest BCUT2D eigenvalue weighted by Gasteiger charge is -2.42. The van der Waals surface area contributed by atoms with Crippen LogP contribution in [0.25, 0.3) is 0 Å². The molecule has 1 aliphatic rings. The first kappa shape index (κ1) is 31.1. The van der Waals surface area contributed by atoms with Crippen LogP contribution in [0.4, 0.5) is 20.2 Å². The number of hydrogen-bond acceptors (Lipinski definition) is 6. The van der Waals surface area contributed by atoms with Gasteiger partial charge in [0, 0.05) is 43.8 Å². The largest absolute Gasteiger partial charge is 0.337 e. The van der Waals surface area contributed by atoms with Gasteiger partial charge in [0.1, 0.15) is 0 Å². The van der Waals surface area contributed by atoms with Crippen molar-refractivity contribution in [2.75, 3.05) is 42.5 Å². The van der Waals surface area contributed by atoms with Crippen LogP contribution in [0.2, 0.25) is 0 Å². The third kappa shape index (κ3) is 9.33. The molecule has 0 aromatic heterocycles. The van der Waals surface area contributed by atoms with Crippen molar-refractivity contribution in [2.24, 2.45) is 5.73 Å². The van der Waals surface area contributed by atoms with Gasteiger partial charge in [0.2, 0.25) is 21.8 Å². The number of nitrogens with two attached hydrogens (primary N) is 1. The van der Waals surface area contributed by atoms with E-state index < -0.39 is 27.7 Å². The van der Waals surface area contributed by atoms with Crippen molar-refractivity contribution in [1.82, 2.24) is 9.80 Å². The number of piperazine rings is 1. The molecule has 2 atom stereocenters. The summed E-state index contributed by atoms with van der Waals surface area (Å²) < 4.78 is 52.3. The standard InChI is InChI=1S/C30H35F2N5O4S/c1-42(40,41)35-25-9-5-8-24(18-25)34-29(38)20-36-12-13-37(26(19-36)15-21-6-3-2-4-7-21)30(39)17-23(33)14-22-10-11-27(31)28(32)16-22/h2-11,16,18,23,26,35H,12-15,17,19-20,33H2,1H3,(H,34,38)/t23-,26+/m1/s1. The van der Waals surface area contributed by atoms with Crippen LogP contribution in [0.15, 0.2) is 72.8 Å². The second-order valence-corrected chi connectivity index (χ2v) is 12.3. The Bertz CT molecular complexity index is 1510. The molecule has 3 aromatic carbocycles. The Balaban J connectivity index is 1.39. The fourth-order valence-electron chi connectivity index (χ4n) is 5.11. The summed E-state index contributed by atoms with van der Waals surface area (Å²) in [5.41, 5.74) is 8.61. The van der Waals surface area contributed by atoms with E-state index in [4.69, 9.17) is 5.73 Å². The molecule has 4 rings (SSSR count). The van der Waals surface area contributed by atoms with Gasteiger partial charge in [0.05, 0.1) is 18.5 Å². The van der Waals surface area contributed by atoms with Gasteiger partial charge in [0.15, 0.2) is 11.6 Å². The molecule has 0 bridgehead atoms. The molecule has 1 heterocycles. The van der Waals surface area contributed by atoms with Gasteiger partial charge in [-0.1, -0.05) is 42.5 Å². The normalized spacial score (nSPS) is 16.6. The number of nitrogens with zero attached hydrogens (tertiary/aromatic N) is 2. The average molecular weight is 600 g/mol. The summed E-state index contributed by atoms with van der Waals surface area (Å²) in [5, 5.41) is 2.81. The summed E-state index contributed by atoms with van der Waals surface area (Å²) in [6, 6.07) is 19.0. The van der Waals surface area contributed by atoms with Crippen molar-refractivity contribution in [2.45, 2.75) is 31.3 Å². The van der Waals surface area contributed by atoms with Gasteiger partial charge in [-0.05, 0) is 54.3 Å². The molecule has 2 amide bonds. The Hall–Kier alpha value is -3.87. The minimum Gasteiger partial charge on any atom is -0.337 e. The van der Waals surface area contributed by atoms with E-state index in [0.717, 1.165) is 24.0 Å². The highest BCUT2D eigenvalue weighted by molar-refractivity contribution is 7.92. The van der Waals surface area contributed by atoms with Gasteiger partial charge in [-0.2, -0.15) is 0 Å². The summed E-state index contributed by atoms with van der Waals surface area (Å²) in [6.07, 6.45) is 1.91. The molecule has 1 saturated heterocycles. The van der Waals surface area contributed by atoms with Gasteiger partial charge in [-0.3, -0.25) is 19.2 Å². The monoisotopic (exact) mass is 599 g/mol. The summed E-state index contributed by atoms with van der Waals surface area (Å²) in [4.78, 5) is 30.0. The van der Waals surface area contributed by atoms with Crippen molar-refractivity contribution in [1.29, 1.82) is 0 Å². The molecule has 1 fully saturated rings. The minimum absolute atomic E-state index is 0.0443. The van der Waals surface area contributed by atoms with Crippen LogP contribution >= 0.6 is 0 Å². The van der Waals surface area contributed by atoms with E-state index in [1.807, 2.05) is 35.2 Å². The average Bonchev–Trinajstić information content (AvgIpc) is 2.90. The fourth-order valence-corrected chi connectivity index (χ4v) is 5.67. The molecule has 4 N–H and O–H groups in total. The third-order valence-electron chi connectivity index (χ3n) is 6.94. The Morgan fingerprint density at radius 2 is 1.69 bits per heavy atom. The number of nitrogens with one attached hydrogen (secondary N) is 2. The molecule has 42 heavy (non-hydrogen) atoms. The zero-order valence-electron chi connectivity index (χ0n) is 23.3. The smallest absolute Gasteiger partial charge is 0.238 e. The summed E-state index contributed by atoms with van der Waals surface area (Å²) in [5.74, 6) is -2.29. The molecule has 224 valence electrons. The van der Waals surface area contributed by atoms with E-state index in [0.29, 0.717) is 43.0 Å². The third-order valence-corrected chi connectivity index (χ3v) is 7.54. The number of amides is 2. The van der Waals surface area contributed by atoms with Crippen LogP contribution in [0.1, 0.15) is 17.5 Å². The molecule has 12 heteroatoms. The molecule has 0 saturated carbocycles. The lowest BCUT2D eigenvalue weighted by Crippen LogP contribution is -2.57. The van der Waals surface area contributed by atoms with Crippen LogP contribution in [0, 0.1) is 11.6 Å². The van der Waals surface area contributed by atoms with Crippen molar-refractivity contribution in [3.8, 4) is 0 Å². The van der Waals surface area contributed by atoms with E-state index in [-0.39, 0.29) is 37.2 Å². The minimum atomic E-state index is -3.46. The van der Waals surface area contributed by atoms with E-state index in [1.54, 1.807) is 23.1 Å². The highest BCUT2D eigenvalue weighted by Gasteiger charge is 2.32. The number of sulfonamides is 1. The van der Waals surface area contributed by atoms with E-state index >= 15 is 0 Å². The lowest BCUT2D eigenvalue weighted by molar-refractivity contribution is -0.136. The number of halogens is 2. The molecule has 9 nitrogen and oxygen atoms in total. The van der Waals surface area contributed by atoms with E-state index in [1.165, 1.54) is 12.1 Å². The quantitative estimate of drug-likeness (QED) is 0.311. The summed E-state index contributed by atoms with van der Waals surface area (Å²) in [7, 11) is -3.46. The van der Waals surface area contributed by atoms with Crippen molar-refractivity contribution < 1.29 is 26.8 Å². The second kappa shape index (κ2) is 13.9. The number of hydrogen-bond donors (Lipinski definition) is 3. The molecule has 0 unspecified atom stereocenters. The van der Waals surface area contributed by atoms with Gasteiger partial charge >= 0.3 is 0 Å². The van der Waals surface area contributed by atoms with Crippen molar-refractivity contribution >= 4 is 33.2 Å². The molecular formula is C30H35F2N5O4S. The number of carbonyl (C=O) groups is 2. The zero-order valence-corrected chi connectivity index (χ0v) is 24.1. The molecule has 0 spiro atoms. The molecule has 0 radical (unpaired) electrons. The van der Waals surface area contributed by atoms with Gasteiger partial charge in [-0.25, -0.2) is 17.2 Å². The van der Waals surface area contributed by atoms with Crippen molar-refractivity contribution in [3.05, 3.63) is 95.6 Å². The predicted molar refractivity (Wildman–Crippen MR) is 158 cm³/mol. The highest BCUT2D eigenvalue weighted by atomic mass is 32.2. The van der Waals surface area contributed by atoms with Gasteiger partial charge < -0.3 is 16.0 Å². The fraction of sp³-hybridized carbons (Fsp3) is 0.333. The topological polar surface area (TPSA) is 125 Å². The maximum absolute atomic E-state index is 13.6.